The van der Waals surface area contributed by atoms with Crippen LogP contribution in [0.25, 0.3) is 0 Å². The Hall–Kier alpha value is -2.83. The van der Waals surface area contributed by atoms with Crippen molar-refractivity contribution in [3.8, 4) is 5.75 Å². The number of anilines is 2. The summed E-state index contributed by atoms with van der Waals surface area (Å²) in [6, 6.07) is 7.21. The second-order valence-corrected chi connectivity index (χ2v) is 3.55. The first kappa shape index (κ1) is 11.6. The van der Waals surface area contributed by atoms with Crippen LogP contribution < -0.4 is 10.0 Å². The number of nitro groups is 1. The summed E-state index contributed by atoms with van der Waals surface area (Å²) in [7, 11) is 0. The molecule has 0 fully saturated rings. The molecule has 0 bridgehead atoms. The van der Waals surface area contributed by atoms with Crippen LogP contribution in [0.5, 0.6) is 5.75 Å². The van der Waals surface area contributed by atoms with E-state index in [-0.39, 0.29) is 17.1 Å². The third kappa shape index (κ3) is 2.46. The summed E-state index contributed by atoms with van der Waals surface area (Å²) >= 11 is 0. The van der Waals surface area contributed by atoms with Crippen LogP contribution in [0, 0.1) is 10.1 Å². The second-order valence-electron chi connectivity index (χ2n) is 3.55. The van der Waals surface area contributed by atoms with E-state index in [0.717, 1.165) is 4.73 Å². The molecule has 7 heteroatoms. The predicted molar refractivity (Wildman–Crippen MR) is 61.9 cm³/mol. The first-order valence-electron chi connectivity index (χ1n) is 5.01. The van der Waals surface area contributed by atoms with Gasteiger partial charge in [-0.15, -0.1) is 0 Å². The number of nitrogens with one attached hydrogen (secondary N) is 1. The number of pyridine rings is 1. The van der Waals surface area contributed by atoms with Crippen molar-refractivity contribution in [1.29, 1.82) is 0 Å². The highest BCUT2D eigenvalue weighted by Crippen LogP contribution is 2.26. The number of nitrogens with zero attached hydrogens (tertiary/aromatic N) is 2. The summed E-state index contributed by atoms with van der Waals surface area (Å²) < 4.78 is 0.718. The molecule has 0 saturated heterocycles. The zero-order valence-electron chi connectivity index (χ0n) is 9.15. The molecule has 3 N–H and O–H groups in total. The highest BCUT2D eigenvalue weighted by molar-refractivity contribution is 5.67. The lowest BCUT2D eigenvalue weighted by molar-refractivity contribution is -0.904. The number of benzene rings is 1. The Labute approximate surface area is 102 Å². The molecule has 0 aliphatic heterocycles. The molecule has 0 unspecified atom stereocenters. The van der Waals surface area contributed by atoms with Crippen molar-refractivity contribution in [3.63, 3.8) is 0 Å². The highest BCUT2D eigenvalue weighted by atomic mass is 16.6. The summed E-state index contributed by atoms with van der Waals surface area (Å²) in [6.07, 6.45) is 2.35. The molecule has 0 amide bonds. The summed E-state index contributed by atoms with van der Waals surface area (Å²) in [4.78, 5) is 10.3. The molecule has 0 saturated carbocycles. The van der Waals surface area contributed by atoms with E-state index >= 15 is 0 Å². The van der Waals surface area contributed by atoms with Crippen LogP contribution in [0.1, 0.15) is 0 Å². The van der Waals surface area contributed by atoms with Crippen molar-refractivity contribution in [2.45, 2.75) is 0 Å². The Morgan fingerprint density at radius 3 is 2.50 bits per heavy atom. The Balaban J connectivity index is 2.35. The van der Waals surface area contributed by atoms with Crippen LogP contribution in [-0.4, -0.2) is 15.2 Å². The van der Waals surface area contributed by atoms with Gasteiger partial charge in [0.15, 0.2) is 5.69 Å². The molecule has 92 valence electrons. The van der Waals surface area contributed by atoms with Crippen LogP contribution in [0.3, 0.4) is 0 Å². The van der Waals surface area contributed by atoms with Crippen LogP contribution in [0.15, 0.2) is 42.7 Å². The minimum absolute atomic E-state index is 0.0975. The maximum Gasteiger partial charge on any atom is 0.305 e. The zero-order chi connectivity index (χ0) is 13.1. The average molecular weight is 248 g/mol. The molecule has 2 aromatic rings. The molecule has 2 rings (SSSR count). The number of hydrogen-bond acceptors (Lipinski definition) is 5. The number of hydrogen-bond donors (Lipinski definition) is 3. The van der Waals surface area contributed by atoms with Gasteiger partial charge in [-0.05, 0) is 24.3 Å². The van der Waals surface area contributed by atoms with E-state index in [1.165, 1.54) is 30.6 Å². The van der Waals surface area contributed by atoms with Crippen LogP contribution >= 0.6 is 0 Å². The fourth-order valence-corrected chi connectivity index (χ4v) is 1.43. The van der Waals surface area contributed by atoms with Crippen molar-refractivity contribution in [3.05, 3.63) is 52.8 Å². The monoisotopic (exact) mass is 248 g/mol. The molecule has 1 aromatic heterocycles. The van der Waals surface area contributed by atoms with Gasteiger partial charge < -0.3 is 10.4 Å². The van der Waals surface area contributed by atoms with E-state index < -0.39 is 4.92 Å². The van der Waals surface area contributed by atoms with Gasteiger partial charge in [0.1, 0.15) is 5.75 Å². The summed E-state index contributed by atoms with van der Waals surface area (Å²) in [5.41, 5.74) is 0.547. The minimum Gasteiger partial charge on any atom is -0.508 e. The van der Waals surface area contributed by atoms with Gasteiger partial charge in [0.25, 0.3) is 6.20 Å². The maximum atomic E-state index is 10.8. The SMILES string of the molecule is O=[N+]([O-])c1cc[n+](O)cc1Nc1ccc(O)cc1. The number of phenolic OH excluding ortho intramolecular Hbond substituents is 1. The van der Waals surface area contributed by atoms with E-state index in [4.69, 9.17) is 5.11 Å². The van der Waals surface area contributed by atoms with E-state index in [2.05, 4.69) is 5.32 Å². The quantitative estimate of drug-likeness (QED) is 0.252. The van der Waals surface area contributed by atoms with Crippen molar-refractivity contribution in [1.82, 2.24) is 0 Å². The minimum atomic E-state index is -0.553. The third-order valence-corrected chi connectivity index (χ3v) is 2.27. The third-order valence-electron chi connectivity index (χ3n) is 2.27. The van der Waals surface area contributed by atoms with Crippen LogP contribution in [-0.2, 0) is 0 Å². The molecule has 1 aromatic carbocycles. The molecule has 0 aliphatic carbocycles. The Kier molecular flexibility index (Phi) is 2.96. The molecular formula is C11H10N3O4+. The first-order valence-corrected chi connectivity index (χ1v) is 5.01. The number of aromatic hydroxyl groups is 1. The van der Waals surface area contributed by atoms with Gasteiger partial charge in [0.05, 0.1) is 11.0 Å². The Morgan fingerprint density at radius 1 is 1.22 bits per heavy atom. The van der Waals surface area contributed by atoms with Crippen LogP contribution in [0.4, 0.5) is 17.1 Å². The fourth-order valence-electron chi connectivity index (χ4n) is 1.43. The van der Waals surface area contributed by atoms with Gasteiger partial charge in [-0.2, -0.15) is 0 Å². The molecule has 0 spiro atoms. The van der Waals surface area contributed by atoms with E-state index in [9.17, 15) is 15.3 Å². The highest BCUT2D eigenvalue weighted by Gasteiger charge is 2.18. The fraction of sp³-hybridized carbons (Fsp3) is 0. The maximum absolute atomic E-state index is 10.8. The van der Waals surface area contributed by atoms with E-state index in [1.807, 2.05) is 0 Å². The summed E-state index contributed by atoms with van der Waals surface area (Å²) in [5, 5.41) is 32.0. The van der Waals surface area contributed by atoms with Gasteiger partial charge in [-0.3, -0.25) is 15.3 Å². The predicted octanol–water partition coefficient (Wildman–Crippen LogP) is 1.57. The zero-order valence-corrected chi connectivity index (χ0v) is 9.15. The van der Waals surface area contributed by atoms with Gasteiger partial charge >= 0.3 is 5.69 Å². The standard InChI is InChI=1S/C11H9N3O4/c15-9-3-1-8(2-4-9)12-10-7-13(16)6-5-11(10)14(17)18/h1-7,12H,(H-,15,16)/p+1. The largest absolute Gasteiger partial charge is 0.508 e. The summed E-state index contributed by atoms with van der Waals surface area (Å²) in [6.45, 7) is 0. The number of phenols is 1. The van der Waals surface area contributed by atoms with Crippen molar-refractivity contribution >= 4 is 17.1 Å². The lowest BCUT2D eigenvalue weighted by Gasteiger charge is -2.04. The van der Waals surface area contributed by atoms with Gasteiger partial charge in [-0.1, -0.05) is 0 Å². The Bertz CT molecular complexity index is 583. The van der Waals surface area contributed by atoms with Gasteiger partial charge in [0.2, 0.25) is 6.20 Å². The lowest BCUT2D eigenvalue weighted by Crippen LogP contribution is -2.29. The number of aromatic nitrogens is 1. The van der Waals surface area contributed by atoms with Crippen molar-refractivity contribution in [2.75, 3.05) is 5.32 Å². The first-order chi connectivity index (χ1) is 8.56. The van der Waals surface area contributed by atoms with Crippen molar-refractivity contribution < 1.29 is 20.0 Å². The lowest BCUT2D eigenvalue weighted by atomic mass is 10.2. The molecule has 0 aliphatic rings. The van der Waals surface area contributed by atoms with Crippen molar-refractivity contribution in [2.24, 2.45) is 0 Å². The average Bonchev–Trinajstić information content (AvgIpc) is 2.32. The van der Waals surface area contributed by atoms with E-state index in [1.54, 1.807) is 12.1 Å². The van der Waals surface area contributed by atoms with E-state index in [0.29, 0.717) is 5.69 Å². The smallest absolute Gasteiger partial charge is 0.305 e. The topological polar surface area (TPSA) is 99.5 Å². The normalized spacial score (nSPS) is 10.0. The Morgan fingerprint density at radius 2 is 1.89 bits per heavy atom. The molecular weight excluding hydrogens is 238 g/mol. The molecule has 7 nitrogen and oxygen atoms in total. The molecule has 1 heterocycles. The molecule has 0 radical (unpaired) electrons. The van der Waals surface area contributed by atoms with Gasteiger partial charge in [0, 0.05) is 10.4 Å². The van der Waals surface area contributed by atoms with Crippen LogP contribution in [0.2, 0.25) is 0 Å². The second kappa shape index (κ2) is 4.58. The molecule has 18 heavy (non-hydrogen) atoms. The summed E-state index contributed by atoms with van der Waals surface area (Å²) in [5.74, 6) is 0.0975. The van der Waals surface area contributed by atoms with Gasteiger partial charge in [-0.25, -0.2) is 0 Å². The molecule has 0 atom stereocenters. The number of rotatable bonds is 3.